The highest BCUT2D eigenvalue weighted by atomic mass is 32.2. The normalized spacial score (nSPS) is 22.6. The average molecular weight is 313 g/mol. The van der Waals surface area contributed by atoms with Gasteiger partial charge in [0.15, 0.2) is 0 Å². The van der Waals surface area contributed by atoms with Gasteiger partial charge in [-0.25, -0.2) is 18.5 Å². The molecule has 1 aromatic heterocycles. The third kappa shape index (κ3) is 4.15. The fraction of sp³-hybridized carbons (Fsp3) is 0.538. The Kier molecular flexibility index (Phi) is 4.79. The van der Waals surface area contributed by atoms with Crippen molar-refractivity contribution in [3.63, 3.8) is 0 Å². The smallest absolute Gasteiger partial charge is 0.308 e. The molecule has 1 aromatic rings. The number of carbonyl (C=O) groups excluding carboxylic acids is 1. The lowest BCUT2D eigenvalue weighted by molar-refractivity contribution is -0.146. The molecule has 1 aliphatic rings. The fourth-order valence-electron chi connectivity index (χ4n) is 2.48. The van der Waals surface area contributed by atoms with Gasteiger partial charge in [0.05, 0.1) is 13.0 Å². The number of methoxy groups -OCH3 is 1. The lowest BCUT2D eigenvalue weighted by atomic mass is 9.86. The van der Waals surface area contributed by atoms with E-state index in [0.717, 1.165) is 25.7 Å². The van der Waals surface area contributed by atoms with Crippen LogP contribution in [0.3, 0.4) is 0 Å². The highest BCUT2D eigenvalue weighted by molar-refractivity contribution is 7.89. The molecule has 0 radical (unpaired) electrons. The number of hydrogen-bond donors (Lipinski definition) is 2. The average Bonchev–Trinajstić information content (AvgIpc) is 2.47. The predicted octanol–water partition coefficient (Wildman–Crippen LogP) is 0.873. The Morgan fingerprint density at radius 3 is 2.48 bits per heavy atom. The summed E-state index contributed by atoms with van der Waals surface area (Å²) in [5, 5.41) is 8.25. The molecule has 1 aliphatic carbocycles. The zero-order chi connectivity index (χ0) is 15.5. The van der Waals surface area contributed by atoms with Crippen LogP contribution in [0.2, 0.25) is 0 Å². The van der Waals surface area contributed by atoms with Gasteiger partial charge in [-0.1, -0.05) is 0 Å². The van der Waals surface area contributed by atoms with E-state index in [-0.39, 0.29) is 22.8 Å². The van der Waals surface area contributed by atoms with Gasteiger partial charge in [0.2, 0.25) is 10.0 Å². The van der Waals surface area contributed by atoms with Crippen molar-refractivity contribution in [1.82, 2.24) is 4.98 Å². The van der Waals surface area contributed by atoms with Crippen molar-refractivity contribution in [2.45, 2.75) is 36.6 Å². The minimum atomic E-state index is -3.71. The van der Waals surface area contributed by atoms with Crippen LogP contribution in [-0.4, -0.2) is 32.5 Å². The molecule has 0 unspecified atom stereocenters. The van der Waals surface area contributed by atoms with Crippen LogP contribution in [0.15, 0.2) is 23.2 Å². The van der Waals surface area contributed by atoms with Gasteiger partial charge in [0.25, 0.3) is 0 Å². The summed E-state index contributed by atoms with van der Waals surface area (Å²) in [6.45, 7) is 0. The third-order valence-electron chi connectivity index (χ3n) is 3.68. The molecule has 0 aliphatic heterocycles. The second kappa shape index (κ2) is 6.40. The Balaban J connectivity index is 1.90. The number of anilines is 1. The monoisotopic (exact) mass is 313 g/mol. The van der Waals surface area contributed by atoms with E-state index >= 15 is 0 Å². The summed E-state index contributed by atoms with van der Waals surface area (Å²) in [6, 6.07) is 3.23. The maximum absolute atomic E-state index is 11.4. The van der Waals surface area contributed by atoms with Crippen LogP contribution in [0, 0.1) is 5.92 Å². The van der Waals surface area contributed by atoms with E-state index in [1.807, 2.05) is 0 Å². The number of aromatic nitrogens is 1. The van der Waals surface area contributed by atoms with Crippen molar-refractivity contribution in [1.29, 1.82) is 0 Å². The summed E-state index contributed by atoms with van der Waals surface area (Å²) in [6.07, 6.45) is 4.48. The number of nitrogens with two attached hydrogens (primary N) is 1. The van der Waals surface area contributed by atoms with Gasteiger partial charge in [-0.05, 0) is 37.8 Å². The van der Waals surface area contributed by atoms with Crippen LogP contribution in [0.5, 0.6) is 0 Å². The first-order valence-electron chi connectivity index (χ1n) is 6.73. The number of primary sulfonamides is 1. The van der Waals surface area contributed by atoms with E-state index < -0.39 is 10.0 Å². The molecular formula is C13H19N3O4S. The van der Waals surface area contributed by atoms with E-state index in [2.05, 4.69) is 10.3 Å². The van der Waals surface area contributed by atoms with Gasteiger partial charge in [0.1, 0.15) is 10.7 Å². The van der Waals surface area contributed by atoms with Gasteiger partial charge in [-0.3, -0.25) is 4.79 Å². The Bertz CT molecular complexity index is 592. The molecule has 21 heavy (non-hydrogen) atoms. The number of hydrogen-bond acceptors (Lipinski definition) is 6. The van der Waals surface area contributed by atoms with Crippen molar-refractivity contribution in [2.75, 3.05) is 12.4 Å². The molecule has 8 heteroatoms. The van der Waals surface area contributed by atoms with Crippen molar-refractivity contribution < 1.29 is 17.9 Å². The number of esters is 1. The summed E-state index contributed by atoms with van der Waals surface area (Å²) in [5.41, 5.74) is 0. The summed E-state index contributed by atoms with van der Waals surface area (Å²) in [7, 11) is -2.31. The van der Waals surface area contributed by atoms with Crippen LogP contribution in [0.4, 0.5) is 5.82 Å². The summed E-state index contributed by atoms with van der Waals surface area (Å²) >= 11 is 0. The number of sulfonamides is 1. The minimum absolute atomic E-state index is 0.0116. The molecule has 0 amide bonds. The number of pyridine rings is 1. The topological polar surface area (TPSA) is 111 Å². The van der Waals surface area contributed by atoms with Crippen LogP contribution < -0.4 is 10.5 Å². The van der Waals surface area contributed by atoms with Crippen LogP contribution in [0.1, 0.15) is 25.7 Å². The number of ether oxygens (including phenoxy) is 1. The fourth-order valence-corrected chi connectivity index (χ4v) is 2.94. The summed E-state index contributed by atoms with van der Waals surface area (Å²) < 4.78 is 27.0. The standard InChI is InChI=1S/C13H19N3O4S/c1-20-13(17)9-2-4-10(5-3-9)16-12-7-6-11(8-15-12)21(14,18)19/h6-10H,2-5H2,1H3,(H,15,16)(H2,14,18,19). The van der Waals surface area contributed by atoms with Crippen LogP contribution in [0.25, 0.3) is 0 Å². The van der Waals surface area contributed by atoms with Crippen molar-refractivity contribution in [3.8, 4) is 0 Å². The number of rotatable bonds is 4. The van der Waals surface area contributed by atoms with Gasteiger partial charge >= 0.3 is 5.97 Å². The zero-order valence-electron chi connectivity index (χ0n) is 11.8. The first-order chi connectivity index (χ1) is 9.90. The lowest BCUT2D eigenvalue weighted by Gasteiger charge is -2.27. The Morgan fingerprint density at radius 1 is 1.33 bits per heavy atom. The maximum atomic E-state index is 11.4. The van der Waals surface area contributed by atoms with Gasteiger partial charge in [-0.2, -0.15) is 0 Å². The Hall–Kier alpha value is -1.67. The van der Waals surface area contributed by atoms with E-state index in [1.165, 1.54) is 19.4 Å². The molecule has 116 valence electrons. The molecule has 0 aromatic carbocycles. The number of carbonyl (C=O) groups is 1. The molecule has 0 spiro atoms. The molecular weight excluding hydrogens is 294 g/mol. The molecule has 1 fully saturated rings. The zero-order valence-corrected chi connectivity index (χ0v) is 12.6. The second-order valence-corrected chi connectivity index (χ2v) is 6.70. The molecule has 0 bridgehead atoms. The predicted molar refractivity (Wildman–Crippen MR) is 77.0 cm³/mol. The van der Waals surface area contributed by atoms with E-state index in [0.29, 0.717) is 5.82 Å². The highest BCUT2D eigenvalue weighted by Gasteiger charge is 2.26. The molecule has 0 saturated heterocycles. The van der Waals surface area contributed by atoms with E-state index in [4.69, 9.17) is 9.88 Å². The Labute approximate surface area is 123 Å². The number of nitrogens with one attached hydrogen (secondary N) is 1. The van der Waals surface area contributed by atoms with Crippen molar-refractivity contribution in [3.05, 3.63) is 18.3 Å². The SMILES string of the molecule is COC(=O)C1CCC(Nc2ccc(S(N)(=O)=O)cn2)CC1. The molecule has 1 saturated carbocycles. The van der Waals surface area contributed by atoms with Crippen molar-refractivity contribution >= 4 is 21.8 Å². The first-order valence-corrected chi connectivity index (χ1v) is 8.28. The summed E-state index contributed by atoms with van der Waals surface area (Å²) in [5.74, 6) is 0.429. The van der Waals surface area contributed by atoms with E-state index in [9.17, 15) is 13.2 Å². The lowest BCUT2D eigenvalue weighted by Crippen LogP contribution is -2.30. The van der Waals surface area contributed by atoms with Crippen molar-refractivity contribution in [2.24, 2.45) is 11.1 Å². The Morgan fingerprint density at radius 2 is 2.00 bits per heavy atom. The maximum Gasteiger partial charge on any atom is 0.308 e. The number of nitrogens with zero attached hydrogens (tertiary/aromatic N) is 1. The molecule has 2 rings (SSSR count). The first kappa shape index (κ1) is 15.7. The minimum Gasteiger partial charge on any atom is -0.469 e. The van der Waals surface area contributed by atoms with Gasteiger partial charge < -0.3 is 10.1 Å². The third-order valence-corrected chi connectivity index (χ3v) is 4.58. The van der Waals surface area contributed by atoms with Crippen LogP contribution in [-0.2, 0) is 19.6 Å². The molecule has 3 N–H and O–H groups in total. The van der Waals surface area contributed by atoms with Gasteiger partial charge in [-0.15, -0.1) is 0 Å². The quantitative estimate of drug-likeness (QED) is 0.798. The molecule has 7 nitrogen and oxygen atoms in total. The summed E-state index contributed by atoms with van der Waals surface area (Å²) in [4.78, 5) is 15.5. The van der Waals surface area contributed by atoms with Gasteiger partial charge in [0, 0.05) is 12.2 Å². The molecule has 1 heterocycles. The second-order valence-electron chi connectivity index (χ2n) is 5.14. The highest BCUT2D eigenvalue weighted by Crippen LogP contribution is 2.27. The largest absolute Gasteiger partial charge is 0.469 e. The van der Waals surface area contributed by atoms with Crippen LogP contribution >= 0.6 is 0 Å². The van der Waals surface area contributed by atoms with E-state index in [1.54, 1.807) is 6.07 Å². The molecule has 0 atom stereocenters.